The third-order valence-corrected chi connectivity index (χ3v) is 3.53. The van der Waals surface area contributed by atoms with E-state index in [-0.39, 0.29) is 6.61 Å². The average molecular weight is 309 g/mol. The van der Waals surface area contributed by atoms with Crippen LogP contribution in [0, 0.1) is 13.8 Å². The molecule has 0 fully saturated rings. The number of carboxylic acids is 1. The number of nitrogens with zero attached hydrogens (tertiary/aromatic N) is 1. The number of benzene rings is 1. The lowest BCUT2D eigenvalue weighted by Crippen LogP contribution is -2.35. The maximum absolute atomic E-state index is 11.1. The van der Waals surface area contributed by atoms with Gasteiger partial charge in [-0.2, -0.15) is 0 Å². The second-order valence-electron chi connectivity index (χ2n) is 5.35. The Kier molecular flexibility index (Phi) is 6.37. The van der Waals surface area contributed by atoms with E-state index in [0.29, 0.717) is 12.3 Å². The van der Waals surface area contributed by atoms with Gasteiger partial charge in [-0.25, -0.2) is 4.79 Å². The van der Waals surface area contributed by atoms with Gasteiger partial charge in [-0.05, 0) is 44.5 Å². The molecule has 1 N–H and O–H groups in total. The van der Waals surface area contributed by atoms with E-state index in [1.165, 1.54) is 7.11 Å². The number of likely N-dealkylation sites (N-methyl/N-ethyl adjacent to an activating group) is 1. The number of aryl methyl sites for hydroxylation is 2. The van der Waals surface area contributed by atoms with Crippen molar-refractivity contribution >= 4 is 11.9 Å². The summed E-state index contributed by atoms with van der Waals surface area (Å²) in [5.41, 5.74) is 2.79. The molecule has 0 aliphatic carbocycles. The highest BCUT2D eigenvalue weighted by atomic mass is 16.6. The Morgan fingerprint density at radius 3 is 2.27 bits per heavy atom. The van der Waals surface area contributed by atoms with Gasteiger partial charge in [0.2, 0.25) is 0 Å². The predicted octanol–water partition coefficient (Wildman–Crippen LogP) is 1.76. The van der Waals surface area contributed by atoms with E-state index in [0.717, 1.165) is 16.7 Å². The Balaban J connectivity index is 2.85. The van der Waals surface area contributed by atoms with Crippen LogP contribution in [-0.2, 0) is 20.9 Å². The molecule has 22 heavy (non-hydrogen) atoms. The van der Waals surface area contributed by atoms with Gasteiger partial charge in [0.15, 0.2) is 6.61 Å². The molecule has 1 aromatic rings. The summed E-state index contributed by atoms with van der Waals surface area (Å²) in [6, 6.07) is 3.31. The van der Waals surface area contributed by atoms with Crippen LogP contribution in [0.25, 0.3) is 0 Å². The minimum Gasteiger partial charge on any atom is -0.481 e. The molecule has 0 amide bonds. The van der Waals surface area contributed by atoms with Crippen LogP contribution in [0.5, 0.6) is 5.75 Å². The van der Waals surface area contributed by atoms with Crippen molar-refractivity contribution < 1.29 is 24.2 Å². The Morgan fingerprint density at radius 1 is 1.27 bits per heavy atom. The lowest BCUT2D eigenvalue weighted by Gasteiger charge is -2.22. The minimum absolute atomic E-state index is 0.131. The van der Waals surface area contributed by atoms with Crippen molar-refractivity contribution in [1.29, 1.82) is 0 Å². The molecule has 0 spiro atoms. The molecule has 0 aliphatic heterocycles. The number of carbonyl (C=O) groups is 2. The van der Waals surface area contributed by atoms with Crippen LogP contribution in [-0.4, -0.2) is 48.8 Å². The number of esters is 1. The van der Waals surface area contributed by atoms with Crippen LogP contribution in [0.3, 0.4) is 0 Å². The van der Waals surface area contributed by atoms with Crippen LogP contribution in [0.4, 0.5) is 0 Å². The monoisotopic (exact) mass is 309 g/mol. The third-order valence-electron chi connectivity index (χ3n) is 3.53. The van der Waals surface area contributed by atoms with Crippen molar-refractivity contribution in [3.05, 3.63) is 28.8 Å². The van der Waals surface area contributed by atoms with Gasteiger partial charge < -0.3 is 14.6 Å². The first kappa shape index (κ1) is 18.0. The zero-order valence-corrected chi connectivity index (χ0v) is 13.7. The van der Waals surface area contributed by atoms with Gasteiger partial charge in [-0.1, -0.05) is 12.1 Å². The van der Waals surface area contributed by atoms with Crippen LogP contribution < -0.4 is 4.74 Å². The Hall–Kier alpha value is -2.08. The van der Waals surface area contributed by atoms with Gasteiger partial charge in [-0.3, -0.25) is 9.69 Å². The topological polar surface area (TPSA) is 76.1 Å². The highest BCUT2D eigenvalue weighted by molar-refractivity contribution is 5.72. The van der Waals surface area contributed by atoms with E-state index in [4.69, 9.17) is 9.84 Å². The Bertz CT molecular complexity index is 532. The third kappa shape index (κ3) is 4.73. The fourth-order valence-corrected chi connectivity index (χ4v) is 2.16. The lowest BCUT2D eigenvalue weighted by molar-refractivity contribution is -0.143. The average Bonchev–Trinajstić information content (AvgIpc) is 2.44. The molecule has 122 valence electrons. The standard InChI is InChI=1S/C16H23NO5/c1-10-6-13(8-17(4)12(3)16(19)20)7-11(2)15(10)22-9-14(18)21-5/h6-7,12H,8-9H2,1-5H3,(H,19,20). The summed E-state index contributed by atoms with van der Waals surface area (Å²) < 4.78 is 10.0. The molecule has 1 unspecified atom stereocenters. The first-order chi connectivity index (χ1) is 10.3. The zero-order chi connectivity index (χ0) is 16.9. The molecule has 0 aromatic heterocycles. The first-order valence-corrected chi connectivity index (χ1v) is 6.99. The smallest absolute Gasteiger partial charge is 0.343 e. The maximum atomic E-state index is 11.1. The summed E-state index contributed by atoms with van der Waals surface area (Å²) in [5, 5.41) is 9.02. The number of methoxy groups -OCH3 is 1. The molecule has 0 heterocycles. The SMILES string of the molecule is COC(=O)COc1c(C)cc(CN(C)C(C)C(=O)O)cc1C. The highest BCUT2D eigenvalue weighted by Gasteiger charge is 2.17. The van der Waals surface area contributed by atoms with Crippen molar-refractivity contribution in [2.45, 2.75) is 33.4 Å². The summed E-state index contributed by atoms with van der Waals surface area (Å²) in [5.74, 6) is -0.630. The van der Waals surface area contributed by atoms with Gasteiger partial charge in [0, 0.05) is 6.54 Å². The summed E-state index contributed by atoms with van der Waals surface area (Å²) in [4.78, 5) is 23.9. The van der Waals surface area contributed by atoms with E-state index >= 15 is 0 Å². The predicted molar refractivity (Wildman–Crippen MR) is 82.0 cm³/mol. The number of rotatable bonds is 7. The van der Waals surface area contributed by atoms with Gasteiger partial charge in [0.05, 0.1) is 7.11 Å². The quantitative estimate of drug-likeness (QED) is 0.774. The molecule has 0 aliphatic rings. The summed E-state index contributed by atoms with van der Waals surface area (Å²) in [6.45, 7) is 5.82. The number of aliphatic carboxylic acids is 1. The normalized spacial score (nSPS) is 12.1. The van der Waals surface area contributed by atoms with Crippen molar-refractivity contribution in [3.63, 3.8) is 0 Å². The number of hydrogen-bond acceptors (Lipinski definition) is 5. The van der Waals surface area contributed by atoms with E-state index in [1.807, 2.05) is 26.0 Å². The molecule has 6 nitrogen and oxygen atoms in total. The molecule has 0 bridgehead atoms. The number of carbonyl (C=O) groups excluding carboxylic acids is 1. The van der Waals surface area contributed by atoms with Crippen LogP contribution in [0.15, 0.2) is 12.1 Å². The number of carboxylic acid groups (broad SMARTS) is 1. The van der Waals surface area contributed by atoms with Gasteiger partial charge >= 0.3 is 11.9 Å². The van der Waals surface area contributed by atoms with Crippen molar-refractivity contribution in [3.8, 4) is 5.75 Å². The summed E-state index contributed by atoms with van der Waals surface area (Å²) in [7, 11) is 3.08. The molecule has 1 rings (SSSR count). The van der Waals surface area contributed by atoms with E-state index in [9.17, 15) is 9.59 Å². The maximum Gasteiger partial charge on any atom is 0.343 e. The second-order valence-corrected chi connectivity index (χ2v) is 5.35. The van der Waals surface area contributed by atoms with Crippen molar-refractivity contribution in [2.75, 3.05) is 20.8 Å². The molecule has 1 atom stereocenters. The molecule has 1 aromatic carbocycles. The van der Waals surface area contributed by atoms with Crippen molar-refractivity contribution in [2.24, 2.45) is 0 Å². The Labute approximate surface area is 130 Å². The van der Waals surface area contributed by atoms with Crippen LogP contribution >= 0.6 is 0 Å². The molecule has 6 heteroatoms. The van der Waals surface area contributed by atoms with Gasteiger partial charge in [0.1, 0.15) is 11.8 Å². The fourth-order valence-electron chi connectivity index (χ4n) is 2.16. The highest BCUT2D eigenvalue weighted by Crippen LogP contribution is 2.25. The molecule has 0 radical (unpaired) electrons. The van der Waals surface area contributed by atoms with Gasteiger partial charge in [-0.15, -0.1) is 0 Å². The molecular formula is C16H23NO5. The first-order valence-electron chi connectivity index (χ1n) is 6.99. The number of hydrogen-bond donors (Lipinski definition) is 1. The zero-order valence-electron chi connectivity index (χ0n) is 13.7. The fraction of sp³-hybridized carbons (Fsp3) is 0.500. The van der Waals surface area contributed by atoms with Gasteiger partial charge in [0.25, 0.3) is 0 Å². The Morgan fingerprint density at radius 2 is 1.82 bits per heavy atom. The molecule has 0 saturated carbocycles. The van der Waals surface area contributed by atoms with E-state index in [1.54, 1.807) is 18.9 Å². The van der Waals surface area contributed by atoms with E-state index in [2.05, 4.69) is 4.74 Å². The number of ether oxygens (including phenoxy) is 2. The second kappa shape index (κ2) is 7.79. The van der Waals surface area contributed by atoms with Crippen LogP contribution in [0.2, 0.25) is 0 Å². The molecular weight excluding hydrogens is 286 g/mol. The van der Waals surface area contributed by atoms with E-state index < -0.39 is 18.0 Å². The van der Waals surface area contributed by atoms with Crippen LogP contribution in [0.1, 0.15) is 23.6 Å². The van der Waals surface area contributed by atoms with Crippen molar-refractivity contribution in [1.82, 2.24) is 4.90 Å². The minimum atomic E-state index is -0.853. The largest absolute Gasteiger partial charge is 0.481 e. The summed E-state index contributed by atoms with van der Waals surface area (Å²) >= 11 is 0. The molecule has 0 saturated heterocycles. The lowest BCUT2D eigenvalue weighted by atomic mass is 10.0. The summed E-state index contributed by atoms with van der Waals surface area (Å²) in [6.07, 6.45) is 0.